The molecule has 0 bridgehead atoms. The molecule has 0 atom stereocenters. The summed E-state index contributed by atoms with van der Waals surface area (Å²) in [6.07, 6.45) is 0. The van der Waals surface area contributed by atoms with Crippen molar-refractivity contribution < 1.29 is 9.59 Å². The molecular formula is C11H13NO2S. The van der Waals surface area contributed by atoms with Gasteiger partial charge in [-0.05, 0) is 5.75 Å². The SMILES string of the molecule is CCSC(=O)NCC(=O)c1ccccc1. The lowest BCUT2D eigenvalue weighted by molar-refractivity contribution is 0.0994. The van der Waals surface area contributed by atoms with Crippen molar-refractivity contribution in [2.45, 2.75) is 6.92 Å². The van der Waals surface area contributed by atoms with E-state index in [1.165, 1.54) is 11.8 Å². The molecule has 1 amide bonds. The third kappa shape index (κ3) is 4.16. The number of carbonyl (C=O) groups excluding carboxylic acids is 2. The van der Waals surface area contributed by atoms with Gasteiger partial charge in [-0.3, -0.25) is 9.59 Å². The summed E-state index contributed by atoms with van der Waals surface area (Å²) in [7, 11) is 0. The molecule has 1 aromatic rings. The van der Waals surface area contributed by atoms with Crippen LogP contribution in [0.5, 0.6) is 0 Å². The Hall–Kier alpha value is -1.29. The van der Waals surface area contributed by atoms with E-state index in [2.05, 4.69) is 5.32 Å². The average molecular weight is 223 g/mol. The van der Waals surface area contributed by atoms with Crippen LogP contribution in [0.3, 0.4) is 0 Å². The van der Waals surface area contributed by atoms with Crippen molar-refractivity contribution in [2.24, 2.45) is 0 Å². The fourth-order valence-corrected chi connectivity index (χ4v) is 1.50. The van der Waals surface area contributed by atoms with E-state index in [0.717, 1.165) is 0 Å². The highest BCUT2D eigenvalue weighted by Gasteiger charge is 2.06. The highest BCUT2D eigenvalue weighted by Crippen LogP contribution is 2.01. The van der Waals surface area contributed by atoms with E-state index in [0.29, 0.717) is 11.3 Å². The summed E-state index contributed by atoms with van der Waals surface area (Å²) >= 11 is 1.17. The largest absolute Gasteiger partial charge is 0.340 e. The second-order valence-corrected chi connectivity index (χ2v) is 4.10. The van der Waals surface area contributed by atoms with Crippen LogP contribution in [0.1, 0.15) is 17.3 Å². The number of thioether (sulfide) groups is 1. The first-order valence-electron chi connectivity index (χ1n) is 4.73. The van der Waals surface area contributed by atoms with Crippen LogP contribution < -0.4 is 5.32 Å². The van der Waals surface area contributed by atoms with Crippen LogP contribution in [0.25, 0.3) is 0 Å². The molecule has 0 aliphatic rings. The van der Waals surface area contributed by atoms with Crippen LogP contribution in [0.4, 0.5) is 4.79 Å². The summed E-state index contributed by atoms with van der Waals surface area (Å²) in [6, 6.07) is 8.93. The van der Waals surface area contributed by atoms with Crippen LogP contribution in [0.15, 0.2) is 30.3 Å². The quantitative estimate of drug-likeness (QED) is 0.797. The number of nitrogens with one attached hydrogen (secondary N) is 1. The number of Topliss-reactive ketones (excluding diaryl/α,β-unsaturated/α-hetero) is 1. The smallest absolute Gasteiger partial charge is 0.279 e. The van der Waals surface area contributed by atoms with Gasteiger partial charge in [0, 0.05) is 5.56 Å². The van der Waals surface area contributed by atoms with Gasteiger partial charge < -0.3 is 5.32 Å². The number of amides is 1. The lowest BCUT2D eigenvalue weighted by atomic mass is 10.1. The number of carbonyl (C=O) groups is 2. The number of ketones is 1. The molecule has 0 fully saturated rings. The van der Waals surface area contributed by atoms with Gasteiger partial charge in [0.15, 0.2) is 5.78 Å². The molecule has 0 radical (unpaired) electrons. The molecule has 1 rings (SSSR count). The molecule has 0 spiro atoms. The number of benzene rings is 1. The van der Waals surface area contributed by atoms with Crippen molar-refractivity contribution in [2.75, 3.05) is 12.3 Å². The first-order valence-corrected chi connectivity index (χ1v) is 5.71. The summed E-state index contributed by atoms with van der Waals surface area (Å²) in [5, 5.41) is 2.41. The fraction of sp³-hybridized carbons (Fsp3) is 0.273. The first-order chi connectivity index (χ1) is 7.24. The van der Waals surface area contributed by atoms with Gasteiger partial charge >= 0.3 is 0 Å². The monoisotopic (exact) mass is 223 g/mol. The van der Waals surface area contributed by atoms with Gasteiger partial charge in [-0.15, -0.1) is 0 Å². The second kappa shape index (κ2) is 6.24. The van der Waals surface area contributed by atoms with Gasteiger partial charge in [-0.1, -0.05) is 49.0 Å². The Morgan fingerprint density at radius 2 is 1.93 bits per heavy atom. The zero-order valence-corrected chi connectivity index (χ0v) is 9.34. The van der Waals surface area contributed by atoms with Crippen molar-refractivity contribution in [1.29, 1.82) is 0 Å². The number of hydrogen-bond donors (Lipinski definition) is 1. The Balaban J connectivity index is 2.40. The van der Waals surface area contributed by atoms with E-state index in [9.17, 15) is 9.59 Å². The summed E-state index contributed by atoms with van der Waals surface area (Å²) in [6.45, 7) is 1.96. The van der Waals surface area contributed by atoms with E-state index >= 15 is 0 Å². The maximum atomic E-state index is 11.5. The second-order valence-electron chi connectivity index (χ2n) is 2.86. The van der Waals surface area contributed by atoms with Crippen LogP contribution in [-0.2, 0) is 0 Å². The molecule has 0 saturated carbocycles. The number of hydrogen-bond acceptors (Lipinski definition) is 3. The minimum Gasteiger partial charge on any atom is -0.340 e. The van der Waals surface area contributed by atoms with Gasteiger partial charge in [0.25, 0.3) is 5.24 Å². The molecule has 0 saturated heterocycles. The van der Waals surface area contributed by atoms with E-state index in [4.69, 9.17) is 0 Å². The van der Waals surface area contributed by atoms with Crippen LogP contribution in [-0.4, -0.2) is 23.3 Å². The Morgan fingerprint density at radius 1 is 1.27 bits per heavy atom. The fourth-order valence-electron chi connectivity index (χ4n) is 1.06. The third-order valence-corrected chi connectivity index (χ3v) is 2.46. The molecule has 1 aromatic carbocycles. The summed E-state index contributed by atoms with van der Waals surface area (Å²) in [5.74, 6) is 0.645. The summed E-state index contributed by atoms with van der Waals surface area (Å²) in [5.41, 5.74) is 0.624. The molecule has 0 aromatic heterocycles. The van der Waals surface area contributed by atoms with Crippen molar-refractivity contribution in [3.05, 3.63) is 35.9 Å². The Bertz CT molecular complexity index is 338. The van der Waals surface area contributed by atoms with Crippen molar-refractivity contribution in [3.8, 4) is 0 Å². The molecule has 80 valence electrons. The molecule has 3 nitrogen and oxygen atoms in total. The highest BCUT2D eigenvalue weighted by atomic mass is 32.2. The molecule has 0 heterocycles. The Morgan fingerprint density at radius 3 is 2.53 bits per heavy atom. The van der Waals surface area contributed by atoms with Gasteiger partial charge in [-0.2, -0.15) is 0 Å². The van der Waals surface area contributed by atoms with E-state index in [1.54, 1.807) is 24.3 Å². The lowest BCUT2D eigenvalue weighted by Gasteiger charge is -2.02. The minimum absolute atomic E-state index is 0.0653. The van der Waals surface area contributed by atoms with Gasteiger partial charge in [-0.25, -0.2) is 0 Å². The number of rotatable bonds is 4. The van der Waals surface area contributed by atoms with E-state index < -0.39 is 0 Å². The molecule has 15 heavy (non-hydrogen) atoms. The van der Waals surface area contributed by atoms with Crippen LogP contribution in [0.2, 0.25) is 0 Å². The zero-order valence-electron chi connectivity index (χ0n) is 8.53. The van der Waals surface area contributed by atoms with Crippen molar-refractivity contribution >= 4 is 22.8 Å². The highest BCUT2D eigenvalue weighted by molar-refractivity contribution is 8.13. The first kappa shape index (κ1) is 11.8. The van der Waals surface area contributed by atoms with Gasteiger partial charge in [0.1, 0.15) is 0 Å². The van der Waals surface area contributed by atoms with E-state index in [1.807, 2.05) is 13.0 Å². The zero-order chi connectivity index (χ0) is 11.1. The molecule has 0 unspecified atom stereocenters. The predicted molar refractivity (Wildman–Crippen MR) is 62.3 cm³/mol. The minimum atomic E-state index is -0.151. The van der Waals surface area contributed by atoms with Gasteiger partial charge in [0.05, 0.1) is 6.54 Å². The summed E-state index contributed by atoms with van der Waals surface area (Å²) < 4.78 is 0. The maximum Gasteiger partial charge on any atom is 0.279 e. The summed E-state index contributed by atoms with van der Waals surface area (Å²) in [4.78, 5) is 22.6. The van der Waals surface area contributed by atoms with Crippen molar-refractivity contribution in [1.82, 2.24) is 5.32 Å². The molecule has 1 N–H and O–H groups in total. The molecular weight excluding hydrogens is 210 g/mol. The van der Waals surface area contributed by atoms with E-state index in [-0.39, 0.29) is 17.6 Å². The molecule has 4 heteroatoms. The topological polar surface area (TPSA) is 46.2 Å². The third-order valence-electron chi connectivity index (χ3n) is 1.76. The maximum absolute atomic E-state index is 11.5. The standard InChI is InChI=1S/C11H13NO2S/c1-2-15-11(14)12-8-10(13)9-6-4-3-5-7-9/h3-7H,2,8H2,1H3,(H,12,14). The van der Waals surface area contributed by atoms with Crippen molar-refractivity contribution in [3.63, 3.8) is 0 Å². The molecule has 0 aliphatic heterocycles. The Labute approximate surface area is 93.3 Å². The lowest BCUT2D eigenvalue weighted by Crippen LogP contribution is -2.26. The van der Waals surface area contributed by atoms with Gasteiger partial charge in [0.2, 0.25) is 0 Å². The average Bonchev–Trinajstić information content (AvgIpc) is 2.27. The Kier molecular flexibility index (Phi) is 4.90. The van der Waals surface area contributed by atoms with Crippen LogP contribution >= 0.6 is 11.8 Å². The predicted octanol–water partition coefficient (Wildman–Crippen LogP) is 2.33. The normalized spacial score (nSPS) is 9.67. The van der Waals surface area contributed by atoms with Crippen LogP contribution in [0, 0.1) is 0 Å². The molecule has 0 aliphatic carbocycles.